The molecule has 0 saturated carbocycles. The van der Waals surface area contributed by atoms with Crippen LogP contribution in [0.5, 0.6) is 0 Å². The number of amides is 1. The van der Waals surface area contributed by atoms with Gasteiger partial charge in [0.2, 0.25) is 0 Å². The van der Waals surface area contributed by atoms with Crippen LogP contribution in [0, 0.1) is 5.82 Å². The average molecular weight is 296 g/mol. The minimum absolute atomic E-state index is 0.245. The summed E-state index contributed by atoms with van der Waals surface area (Å²) in [5, 5.41) is 9.51. The van der Waals surface area contributed by atoms with Crippen LogP contribution in [0.4, 0.5) is 4.39 Å². The molecule has 0 bridgehead atoms. The molecule has 6 heteroatoms. The minimum Gasteiger partial charge on any atom is -0.348 e. The Morgan fingerprint density at radius 3 is 2.59 bits per heavy atom. The van der Waals surface area contributed by atoms with Gasteiger partial charge in [0.25, 0.3) is 5.91 Å². The molecular weight excluding hydrogens is 283 g/mol. The van der Waals surface area contributed by atoms with Gasteiger partial charge < -0.3 is 5.32 Å². The SMILES string of the molecule is O=C(NCc1ccncc1)c1cn[nH]c1-c1ccc(F)cc1. The number of benzene rings is 1. The third kappa shape index (κ3) is 3.01. The van der Waals surface area contributed by atoms with Crippen LogP contribution in [0.15, 0.2) is 55.0 Å². The molecule has 0 spiro atoms. The number of nitrogens with one attached hydrogen (secondary N) is 2. The number of nitrogens with zero attached hydrogens (tertiary/aromatic N) is 2. The van der Waals surface area contributed by atoms with Gasteiger partial charge in [-0.25, -0.2) is 4.39 Å². The third-order valence-electron chi connectivity index (χ3n) is 3.22. The van der Waals surface area contributed by atoms with E-state index in [-0.39, 0.29) is 11.7 Å². The van der Waals surface area contributed by atoms with Gasteiger partial charge in [0.15, 0.2) is 0 Å². The predicted molar refractivity (Wildman–Crippen MR) is 79.4 cm³/mol. The second-order valence-electron chi connectivity index (χ2n) is 4.70. The monoisotopic (exact) mass is 296 g/mol. The van der Waals surface area contributed by atoms with E-state index in [4.69, 9.17) is 0 Å². The molecule has 2 aromatic heterocycles. The number of H-pyrrole nitrogens is 1. The number of rotatable bonds is 4. The summed E-state index contributed by atoms with van der Waals surface area (Å²) in [6, 6.07) is 9.54. The molecule has 0 saturated heterocycles. The first kappa shape index (κ1) is 13.9. The number of aromatic amines is 1. The van der Waals surface area contributed by atoms with E-state index in [2.05, 4.69) is 20.5 Å². The molecule has 0 atom stereocenters. The smallest absolute Gasteiger partial charge is 0.255 e. The van der Waals surface area contributed by atoms with Gasteiger partial charge in [0.05, 0.1) is 17.5 Å². The highest BCUT2D eigenvalue weighted by atomic mass is 19.1. The molecule has 1 aromatic carbocycles. The number of carbonyl (C=O) groups excluding carboxylic acids is 1. The molecule has 0 unspecified atom stereocenters. The Morgan fingerprint density at radius 1 is 1.14 bits per heavy atom. The maximum atomic E-state index is 13.0. The number of carbonyl (C=O) groups is 1. The van der Waals surface area contributed by atoms with Crippen molar-refractivity contribution in [2.45, 2.75) is 6.54 Å². The largest absolute Gasteiger partial charge is 0.348 e. The molecular formula is C16H13FN4O. The maximum Gasteiger partial charge on any atom is 0.255 e. The molecule has 3 aromatic rings. The third-order valence-corrected chi connectivity index (χ3v) is 3.22. The van der Waals surface area contributed by atoms with E-state index < -0.39 is 0 Å². The average Bonchev–Trinajstić information content (AvgIpc) is 3.04. The van der Waals surface area contributed by atoms with E-state index in [0.29, 0.717) is 23.4 Å². The number of pyridine rings is 1. The summed E-state index contributed by atoms with van der Waals surface area (Å²) in [6.45, 7) is 0.398. The highest BCUT2D eigenvalue weighted by Gasteiger charge is 2.15. The van der Waals surface area contributed by atoms with Crippen LogP contribution in [-0.2, 0) is 6.54 Å². The summed E-state index contributed by atoms with van der Waals surface area (Å²) >= 11 is 0. The van der Waals surface area contributed by atoms with Crippen molar-refractivity contribution >= 4 is 5.91 Å². The van der Waals surface area contributed by atoms with Gasteiger partial charge in [-0.2, -0.15) is 5.10 Å². The lowest BCUT2D eigenvalue weighted by molar-refractivity contribution is 0.0951. The Balaban J connectivity index is 1.76. The van der Waals surface area contributed by atoms with E-state index >= 15 is 0 Å². The highest BCUT2D eigenvalue weighted by Crippen LogP contribution is 2.21. The Hall–Kier alpha value is -3.02. The lowest BCUT2D eigenvalue weighted by atomic mass is 10.1. The highest BCUT2D eigenvalue weighted by molar-refractivity contribution is 5.99. The first-order valence-corrected chi connectivity index (χ1v) is 6.70. The lowest BCUT2D eigenvalue weighted by Gasteiger charge is -2.06. The topological polar surface area (TPSA) is 70.7 Å². The van der Waals surface area contributed by atoms with Crippen LogP contribution < -0.4 is 5.32 Å². The Morgan fingerprint density at radius 2 is 1.86 bits per heavy atom. The van der Waals surface area contributed by atoms with Gasteiger partial charge in [-0.05, 0) is 42.0 Å². The fourth-order valence-electron chi connectivity index (χ4n) is 2.07. The zero-order chi connectivity index (χ0) is 15.4. The lowest BCUT2D eigenvalue weighted by Crippen LogP contribution is -2.22. The molecule has 3 rings (SSSR count). The van der Waals surface area contributed by atoms with Crippen molar-refractivity contribution in [3.8, 4) is 11.3 Å². The van der Waals surface area contributed by atoms with E-state index in [0.717, 1.165) is 5.56 Å². The van der Waals surface area contributed by atoms with E-state index in [9.17, 15) is 9.18 Å². The molecule has 5 nitrogen and oxygen atoms in total. The molecule has 0 aliphatic heterocycles. The standard InChI is InChI=1S/C16H13FN4O/c17-13-3-1-12(2-4-13)15-14(10-20-21-15)16(22)19-9-11-5-7-18-8-6-11/h1-8,10H,9H2,(H,19,22)(H,20,21). The van der Waals surface area contributed by atoms with Crippen LogP contribution in [0.25, 0.3) is 11.3 Å². The Bertz CT molecular complexity index is 768. The maximum absolute atomic E-state index is 13.0. The van der Waals surface area contributed by atoms with Gasteiger partial charge in [-0.1, -0.05) is 0 Å². The Labute approximate surface area is 126 Å². The zero-order valence-electron chi connectivity index (χ0n) is 11.6. The van der Waals surface area contributed by atoms with Crippen LogP contribution >= 0.6 is 0 Å². The second-order valence-corrected chi connectivity index (χ2v) is 4.70. The second kappa shape index (κ2) is 6.17. The summed E-state index contributed by atoms with van der Waals surface area (Å²) in [6.07, 6.45) is 4.80. The fourth-order valence-corrected chi connectivity index (χ4v) is 2.07. The molecule has 2 N–H and O–H groups in total. The van der Waals surface area contributed by atoms with Gasteiger partial charge in [0, 0.05) is 24.5 Å². The number of hydrogen-bond acceptors (Lipinski definition) is 3. The van der Waals surface area contributed by atoms with Crippen molar-refractivity contribution in [3.05, 3.63) is 71.9 Å². The number of hydrogen-bond donors (Lipinski definition) is 2. The van der Waals surface area contributed by atoms with Gasteiger partial charge in [0.1, 0.15) is 5.82 Å². The van der Waals surface area contributed by atoms with Crippen LogP contribution in [0.2, 0.25) is 0 Å². The quantitative estimate of drug-likeness (QED) is 0.777. The predicted octanol–water partition coefficient (Wildman–Crippen LogP) is 2.54. The van der Waals surface area contributed by atoms with Crippen molar-refractivity contribution in [1.29, 1.82) is 0 Å². The minimum atomic E-state index is -0.327. The molecule has 0 fully saturated rings. The molecule has 2 heterocycles. The summed E-state index contributed by atoms with van der Waals surface area (Å²) in [5.41, 5.74) is 2.64. The van der Waals surface area contributed by atoms with Crippen molar-refractivity contribution in [2.24, 2.45) is 0 Å². The summed E-state index contributed by atoms with van der Waals surface area (Å²) in [7, 11) is 0. The van der Waals surface area contributed by atoms with Crippen molar-refractivity contribution in [2.75, 3.05) is 0 Å². The first-order valence-electron chi connectivity index (χ1n) is 6.70. The van der Waals surface area contributed by atoms with Crippen LogP contribution in [0.1, 0.15) is 15.9 Å². The summed E-state index contributed by atoms with van der Waals surface area (Å²) < 4.78 is 13.0. The fraction of sp³-hybridized carbons (Fsp3) is 0.0625. The molecule has 0 radical (unpaired) electrons. The number of aromatic nitrogens is 3. The normalized spacial score (nSPS) is 10.4. The van der Waals surface area contributed by atoms with Crippen molar-refractivity contribution < 1.29 is 9.18 Å². The molecule has 1 amide bonds. The molecule has 110 valence electrons. The summed E-state index contributed by atoms with van der Waals surface area (Å²) in [5.74, 6) is -0.572. The van der Waals surface area contributed by atoms with Gasteiger partial charge >= 0.3 is 0 Å². The zero-order valence-corrected chi connectivity index (χ0v) is 11.6. The van der Waals surface area contributed by atoms with E-state index in [1.807, 2.05) is 12.1 Å². The van der Waals surface area contributed by atoms with Crippen molar-refractivity contribution in [1.82, 2.24) is 20.5 Å². The first-order chi connectivity index (χ1) is 10.7. The van der Waals surface area contributed by atoms with Gasteiger partial charge in [-0.3, -0.25) is 14.9 Å². The van der Waals surface area contributed by atoms with Gasteiger partial charge in [-0.15, -0.1) is 0 Å². The Kier molecular flexibility index (Phi) is 3.91. The van der Waals surface area contributed by atoms with E-state index in [1.54, 1.807) is 24.5 Å². The summed E-state index contributed by atoms with van der Waals surface area (Å²) in [4.78, 5) is 16.2. The molecule has 22 heavy (non-hydrogen) atoms. The van der Waals surface area contributed by atoms with Crippen LogP contribution in [-0.4, -0.2) is 21.1 Å². The number of halogens is 1. The molecule has 0 aliphatic rings. The van der Waals surface area contributed by atoms with Crippen molar-refractivity contribution in [3.63, 3.8) is 0 Å². The van der Waals surface area contributed by atoms with E-state index in [1.165, 1.54) is 18.3 Å². The molecule has 0 aliphatic carbocycles. The van der Waals surface area contributed by atoms with Crippen LogP contribution in [0.3, 0.4) is 0 Å².